The third-order valence-corrected chi connectivity index (χ3v) is 4.15. The van der Waals surface area contributed by atoms with Gasteiger partial charge in [-0.3, -0.25) is 4.79 Å². The molecule has 0 spiro atoms. The summed E-state index contributed by atoms with van der Waals surface area (Å²) in [5, 5.41) is 4.10. The maximum Gasteiger partial charge on any atom is 0.281 e. The Hall–Kier alpha value is -2.02. The predicted octanol–water partition coefficient (Wildman–Crippen LogP) is 2.46. The molecule has 2 aromatic rings. The Labute approximate surface area is 126 Å². The summed E-state index contributed by atoms with van der Waals surface area (Å²) in [6.07, 6.45) is 0.579. The summed E-state index contributed by atoms with van der Waals surface area (Å²) in [6.45, 7) is 1.42. The minimum Gasteiger partial charge on any atom is -0.497 e. The van der Waals surface area contributed by atoms with E-state index in [9.17, 15) is 4.79 Å². The van der Waals surface area contributed by atoms with E-state index in [-0.39, 0.29) is 5.24 Å². The number of nitrogens with zero attached hydrogens (tertiary/aromatic N) is 3. The monoisotopic (exact) mass is 305 g/mol. The Kier molecular flexibility index (Phi) is 4.10. The number of rotatable bonds is 5. The van der Waals surface area contributed by atoms with Gasteiger partial charge in [-0.25, -0.2) is 0 Å². The highest BCUT2D eigenvalue weighted by atomic mass is 32.2. The van der Waals surface area contributed by atoms with E-state index in [4.69, 9.17) is 9.26 Å². The normalized spacial score (nSPS) is 14.7. The zero-order valence-corrected chi connectivity index (χ0v) is 12.4. The lowest BCUT2D eigenvalue weighted by atomic mass is 10.2. The molecule has 0 aliphatic carbocycles. The second-order valence-corrected chi connectivity index (χ2v) is 5.64. The van der Waals surface area contributed by atoms with Gasteiger partial charge in [0.05, 0.1) is 7.11 Å². The molecule has 6 nitrogen and oxygen atoms in total. The van der Waals surface area contributed by atoms with Gasteiger partial charge >= 0.3 is 0 Å². The molecule has 1 fully saturated rings. The van der Waals surface area contributed by atoms with Crippen molar-refractivity contribution in [3.8, 4) is 17.1 Å². The average Bonchev–Trinajstić information content (AvgIpc) is 3.14. The van der Waals surface area contributed by atoms with Crippen LogP contribution in [0.15, 0.2) is 28.8 Å². The van der Waals surface area contributed by atoms with Crippen LogP contribution in [0.25, 0.3) is 11.4 Å². The van der Waals surface area contributed by atoms with E-state index in [1.807, 2.05) is 29.2 Å². The number of thioether (sulfide) groups is 1. The molecule has 1 aromatic heterocycles. The molecule has 0 radical (unpaired) electrons. The van der Waals surface area contributed by atoms with E-state index < -0.39 is 0 Å². The fourth-order valence-corrected chi connectivity index (χ4v) is 2.92. The van der Waals surface area contributed by atoms with Crippen LogP contribution in [0.1, 0.15) is 5.89 Å². The molecule has 1 amide bonds. The molecular weight excluding hydrogens is 290 g/mol. The maximum absolute atomic E-state index is 11.5. The number of aromatic nitrogens is 2. The molecule has 1 aliphatic rings. The Morgan fingerprint density at radius 1 is 1.38 bits per heavy atom. The first-order chi connectivity index (χ1) is 10.3. The largest absolute Gasteiger partial charge is 0.497 e. The predicted molar refractivity (Wildman–Crippen MR) is 79.4 cm³/mol. The Bertz CT molecular complexity index is 627. The van der Waals surface area contributed by atoms with Crippen LogP contribution in [0, 0.1) is 0 Å². The first-order valence-corrected chi connectivity index (χ1v) is 7.63. The average molecular weight is 305 g/mol. The van der Waals surface area contributed by atoms with E-state index in [1.54, 1.807) is 7.11 Å². The van der Waals surface area contributed by atoms with Gasteiger partial charge in [0.1, 0.15) is 5.75 Å². The molecular formula is C14H15N3O3S. The maximum atomic E-state index is 11.5. The van der Waals surface area contributed by atoms with Gasteiger partial charge in [-0.1, -0.05) is 16.9 Å². The molecule has 0 N–H and O–H groups in total. The van der Waals surface area contributed by atoms with Crippen LogP contribution in [-0.4, -0.2) is 46.2 Å². The van der Waals surface area contributed by atoms with Crippen LogP contribution in [0.5, 0.6) is 5.75 Å². The highest BCUT2D eigenvalue weighted by Crippen LogP contribution is 2.21. The van der Waals surface area contributed by atoms with Crippen molar-refractivity contribution in [2.45, 2.75) is 6.42 Å². The van der Waals surface area contributed by atoms with Gasteiger partial charge in [0.25, 0.3) is 5.24 Å². The Morgan fingerprint density at radius 3 is 2.86 bits per heavy atom. The highest BCUT2D eigenvalue weighted by Gasteiger charge is 2.21. The molecule has 21 heavy (non-hydrogen) atoms. The fraction of sp³-hybridized carbons (Fsp3) is 0.357. The number of benzene rings is 1. The summed E-state index contributed by atoms with van der Waals surface area (Å²) in [7, 11) is 1.62. The van der Waals surface area contributed by atoms with Gasteiger partial charge in [0, 0.05) is 30.8 Å². The van der Waals surface area contributed by atoms with Crippen LogP contribution in [0.4, 0.5) is 4.79 Å². The van der Waals surface area contributed by atoms with E-state index in [0.29, 0.717) is 24.7 Å². The van der Waals surface area contributed by atoms with Gasteiger partial charge in [-0.05, 0) is 24.3 Å². The number of methoxy groups -OCH3 is 1. The molecule has 0 atom stereocenters. The smallest absolute Gasteiger partial charge is 0.281 e. The van der Waals surface area contributed by atoms with E-state index >= 15 is 0 Å². The molecule has 110 valence electrons. The van der Waals surface area contributed by atoms with Crippen LogP contribution in [-0.2, 0) is 6.42 Å². The van der Waals surface area contributed by atoms with Gasteiger partial charge in [0.15, 0.2) is 0 Å². The second kappa shape index (κ2) is 6.17. The molecule has 0 bridgehead atoms. The summed E-state index contributed by atoms with van der Waals surface area (Å²) < 4.78 is 10.3. The Morgan fingerprint density at radius 2 is 2.19 bits per heavy atom. The van der Waals surface area contributed by atoms with Crippen LogP contribution < -0.4 is 4.74 Å². The first-order valence-electron chi connectivity index (χ1n) is 6.65. The van der Waals surface area contributed by atoms with E-state index in [0.717, 1.165) is 23.6 Å². The standard InChI is InChI=1S/C14H15N3O3S/c1-19-11-4-2-10(3-5-11)13-15-12(20-16-13)6-7-17-8-9-21-14(17)18/h2-5H,6-9H2,1H3. The minimum atomic E-state index is 0.130. The molecule has 0 saturated carbocycles. The first kappa shape index (κ1) is 13.9. The lowest BCUT2D eigenvalue weighted by molar-refractivity contribution is 0.228. The lowest BCUT2D eigenvalue weighted by Gasteiger charge is -2.11. The number of hydrogen-bond donors (Lipinski definition) is 0. The summed E-state index contributed by atoms with van der Waals surface area (Å²) >= 11 is 1.35. The quantitative estimate of drug-likeness (QED) is 0.845. The van der Waals surface area contributed by atoms with Crippen LogP contribution in [0.2, 0.25) is 0 Å². The van der Waals surface area contributed by atoms with Crippen molar-refractivity contribution in [3.63, 3.8) is 0 Å². The minimum absolute atomic E-state index is 0.130. The third-order valence-electron chi connectivity index (χ3n) is 3.26. The van der Waals surface area contributed by atoms with Crippen molar-refractivity contribution < 1.29 is 14.1 Å². The van der Waals surface area contributed by atoms with Crippen molar-refractivity contribution in [3.05, 3.63) is 30.2 Å². The molecule has 1 saturated heterocycles. The van der Waals surface area contributed by atoms with E-state index in [1.165, 1.54) is 11.8 Å². The van der Waals surface area contributed by atoms with Crippen molar-refractivity contribution in [2.75, 3.05) is 26.0 Å². The topological polar surface area (TPSA) is 68.5 Å². The number of ether oxygens (including phenoxy) is 1. The van der Waals surface area contributed by atoms with Gasteiger partial charge in [-0.15, -0.1) is 0 Å². The zero-order chi connectivity index (χ0) is 14.7. The Balaban J connectivity index is 1.63. The number of carbonyl (C=O) groups is 1. The SMILES string of the molecule is COc1ccc(-c2noc(CCN3CCSC3=O)n2)cc1. The third kappa shape index (κ3) is 3.18. The lowest BCUT2D eigenvalue weighted by Crippen LogP contribution is -2.25. The van der Waals surface area contributed by atoms with Crippen molar-refractivity contribution >= 4 is 17.0 Å². The second-order valence-electron chi connectivity index (χ2n) is 4.59. The van der Waals surface area contributed by atoms with E-state index in [2.05, 4.69) is 10.1 Å². The van der Waals surface area contributed by atoms with Crippen LogP contribution in [0.3, 0.4) is 0 Å². The molecule has 0 unspecified atom stereocenters. The molecule has 2 heterocycles. The summed E-state index contributed by atoms with van der Waals surface area (Å²) in [6, 6.07) is 7.47. The summed E-state index contributed by atoms with van der Waals surface area (Å²) in [5.41, 5.74) is 0.874. The summed E-state index contributed by atoms with van der Waals surface area (Å²) in [5.74, 6) is 2.74. The van der Waals surface area contributed by atoms with Gasteiger partial charge in [0.2, 0.25) is 11.7 Å². The number of amides is 1. The van der Waals surface area contributed by atoms with Crippen molar-refractivity contribution in [1.29, 1.82) is 0 Å². The highest BCUT2D eigenvalue weighted by molar-refractivity contribution is 8.13. The van der Waals surface area contributed by atoms with Crippen LogP contribution >= 0.6 is 11.8 Å². The molecule has 1 aliphatic heterocycles. The zero-order valence-electron chi connectivity index (χ0n) is 11.6. The van der Waals surface area contributed by atoms with Gasteiger partial charge < -0.3 is 14.2 Å². The number of hydrogen-bond acceptors (Lipinski definition) is 6. The fourth-order valence-electron chi connectivity index (χ4n) is 2.07. The number of carbonyl (C=O) groups excluding carboxylic acids is 1. The molecule has 7 heteroatoms. The van der Waals surface area contributed by atoms with Crippen molar-refractivity contribution in [1.82, 2.24) is 15.0 Å². The summed E-state index contributed by atoms with van der Waals surface area (Å²) in [4.78, 5) is 17.7. The molecule has 3 rings (SSSR count). The molecule has 1 aromatic carbocycles. The van der Waals surface area contributed by atoms with Crippen molar-refractivity contribution in [2.24, 2.45) is 0 Å². The van der Waals surface area contributed by atoms with Gasteiger partial charge in [-0.2, -0.15) is 4.98 Å².